The first kappa shape index (κ1) is 11.5. The summed E-state index contributed by atoms with van der Waals surface area (Å²) in [5.74, 6) is 1.85. The summed E-state index contributed by atoms with van der Waals surface area (Å²) in [6, 6.07) is 8.35. The lowest BCUT2D eigenvalue weighted by Gasteiger charge is -2.14. The molecule has 16 heavy (non-hydrogen) atoms. The van der Waals surface area contributed by atoms with E-state index in [9.17, 15) is 0 Å². The lowest BCUT2D eigenvalue weighted by molar-refractivity contribution is 0.400. The van der Waals surface area contributed by atoms with E-state index in [2.05, 4.69) is 24.4 Å². The molecular formula is C14H21NO. The quantitative estimate of drug-likeness (QED) is 0.821. The van der Waals surface area contributed by atoms with Crippen LogP contribution in [0.25, 0.3) is 0 Å². The van der Waals surface area contributed by atoms with Crippen LogP contribution < -0.4 is 10.1 Å². The van der Waals surface area contributed by atoms with Gasteiger partial charge in [0, 0.05) is 0 Å². The maximum absolute atomic E-state index is 5.40. The molecule has 1 N–H and O–H groups in total. The molecule has 0 aromatic heterocycles. The second kappa shape index (κ2) is 4.46. The van der Waals surface area contributed by atoms with Crippen LogP contribution in [-0.2, 0) is 6.42 Å². The van der Waals surface area contributed by atoms with Crippen LogP contribution in [0.4, 0.5) is 0 Å². The van der Waals surface area contributed by atoms with E-state index in [1.54, 1.807) is 7.11 Å². The van der Waals surface area contributed by atoms with E-state index in [0.29, 0.717) is 5.41 Å². The van der Waals surface area contributed by atoms with Crippen molar-refractivity contribution in [1.29, 1.82) is 0 Å². The summed E-state index contributed by atoms with van der Waals surface area (Å²) in [6.45, 7) is 3.51. The standard InChI is InChI=1S/C14H21NO/c1-14(9-12(14)10-15-2)8-11-6-4-5-7-13(11)16-3/h4-7,12,15H,8-10H2,1-3H3. The van der Waals surface area contributed by atoms with Crippen molar-refractivity contribution in [3.8, 4) is 5.75 Å². The van der Waals surface area contributed by atoms with Crippen molar-refractivity contribution in [1.82, 2.24) is 5.32 Å². The Hall–Kier alpha value is -1.02. The van der Waals surface area contributed by atoms with Crippen LogP contribution in [0, 0.1) is 11.3 Å². The second-order valence-electron chi connectivity index (χ2n) is 5.10. The van der Waals surface area contributed by atoms with Crippen molar-refractivity contribution in [2.24, 2.45) is 11.3 Å². The zero-order chi connectivity index (χ0) is 11.6. The third-order valence-electron chi connectivity index (χ3n) is 3.78. The number of para-hydroxylation sites is 1. The van der Waals surface area contributed by atoms with Crippen LogP contribution in [0.1, 0.15) is 18.9 Å². The van der Waals surface area contributed by atoms with E-state index >= 15 is 0 Å². The number of hydrogen-bond acceptors (Lipinski definition) is 2. The molecule has 1 fully saturated rings. The Morgan fingerprint density at radius 2 is 2.19 bits per heavy atom. The monoisotopic (exact) mass is 219 g/mol. The van der Waals surface area contributed by atoms with Gasteiger partial charge in [0.25, 0.3) is 0 Å². The van der Waals surface area contributed by atoms with E-state index in [4.69, 9.17) is 4.74 Å². The fourth-order valence-corrected chi connectivity index (χ4v) is 2.57. The van der Waals surface area contributed by atoms with Gasteiger partial charge in [0.15, 0.2) is 0 Å². The van der Waals surface area contributed by atoms with Gasteiger partial charge in [0.05, 0.1) is 7.11 Å². The Bertz CT molecular complexity index is 364. The Balaban J connectivity index is 2.05. The van der Waals surface area contributed by atoms with Gasteiger partial charge < -0.3 is 10.1 Å². The van der Waals surface area contributed by atoms with Crippen molar-refractivity contribution in [2.45, 2.75) is 19.8 Å². The molecule has 88 valence electrons. The molecule has 1 aromatic carbocycles. The minimum atomic E-state index is 0.470. The zero-order valence-electron chi connectivity index (χ0n) is 10.4. The van der Waals surface area contributed by atoms with Crippen LogP contribution in [0.5, 0.6) is 5.75 Å². The number of benzene rings is 1. The molecule has 1 aliphatic rings. The predicted molar refractivity (Wildman–Crippen MR) is 66.8 cm³/mol. The average molecular weight is 219 g/mol. The van der Waals surface area contributed by atoms with Gasteiger partial charge >= 0.3 is 0 Å². The third kappa shape index (κ3) is 2.22. The summed E-state index contributed by atoms with van der Waals surface area (Å²) in [7, 11) is 3.78. The summed E-state index contributed by atoms with van der Waals surface area (Å²) in [5.41, 5.74) is 1.81. The normalized spacial score (nSPS) is 27.8. The van der Waals surface area contributed by atoms with Crippen molar-refractivity contribution in [3.63, 3.8) is 0 Å². The van der Waals surface area contributed by atoms with Crippen LogP contribution in [0.3, 0.4) is 0 Å². The number of hydrogen-bond donors (Lipinski definition) is 1. The average Bonchev–Trinajstić information content (AvgIpc) is 2.90. The molecule has 1 aliphatic carbocycles. The van der Waals surface area contributed by atoms with Crippen molar-refractivity contribution >= 4 is 0 Å². The first-order valence-electron chi connectivity index (χ1n) is 5.96. The van der Waals surface area contributed by atoms with Crippen LogP contribution >= 0.6 is 0 Å². The molecule has 2 unspecified atom stereocenters. The molecule has 2 heteroatoms. The number of nitrogens with one attached hydrogen (secondary N) is 1. The molecule has 2 rings (SSSR count). The highest BCUT2D eigenvalue weighted by Crippen LogP contribution is 2.54. The highest BCUT2D eigenvalue weighted by molar-refractivity contribution is 5.35. The Labute approximate surface area is 98.0 Å². The van der Waals surface area contributed by atoms with Gasteiger partial charge in [-0.3, -0.25) is 0 Å². The summed E-state index contributed by atoms with van der Waals surface area (Å²) < 4.78 is 5.40. The molecule has 1 saturated carbocycles. The molecule has 0 saturated heterocycles. The summed E-state index contributed by atoms with van der Waals surface area (Å²) in [4.78, 5) is 0. The van der Waals surface area contributed by atoms with E-state index in [-0.39, 0.29) is 0 Å². The fraction of sp³-hybridized carbons (Fsp3) is 0.571. The largest absolute Gasteiger partial charge is 0.496 e. The van der Waals surface area contributed by atoms with E-state index in [1.807, 2.05) is 19.2 Å². The fourth-order valence-electron chi connectivity index (χ4n) is 2.57. The maximum Gasteiger partial charge on any atom is 0.122 e. The summed E-state index contributed by atoms with van der Waals surface area (Å²) >= 11 is 0. The Morgan fingerprint density at radius 1 is 1.44 bits per heavy atom. The summed E-state index contributed by atoms with van der Waals surface area (Å²) in [6.07, 6.45) is 2.45. The Morgan fingerprint density at radius 3 is 2.88 bits per heavy atom. The van der Waals surface area contributed by atoms with Crippen LogP contribution in [0.2, 0.25) is 0 Å². The van der Waals surface area contributed by atoms with Gasteiger partial charge in [-0.25, -0.2) is 0 Å². The molecule has 0 heterocycles. The zero-order valence-corrected chi connectivity index (χ0v) is 10.4. The number of methoxy groups -OCH3 is 1. The minimum absolute atomic E-state index is 0.470. The van der Waals surface area contributed by atoms with Gasteiger partial charge in [-0.2, -0.15) is 0 Å². The molecule has 2 atom stereocenters. The molecule has 0 radical (unpaired) electrons. The first-order chi connectivity index (χ1) is 7.69. The van der Waals surface area contributed by atoms with E-state index < -0.39 is 0 Å². The van der Waals surface area contributed by atoms with Gasteiger partial charge in [-0.1, -0.05) is 25.1 Å². The SMILES string of the molecule is CNCC1CC1(C)Cc1ccccc1OC. The molecule has 2 nitrogen and oxygen atoms in total. The van der Waals surface area contributed by atoms with Crippen molar-refractivity contribution in [2.75, 3.05) is 20.7 Å². The van der Waals surface area contributed by atoms with Gasteiger partial charge in [-0.15, -0.1) is 0 Å². The predicted octanol–water partition coefficient (Wildman–Crippen LogP) is 2.48. The van der Waals surface area contributed by atoms with E-state index in [0.717, 1.165) is 24.6 Å². The topological polar surface area (TPSA) is 21.3 Å². The van der Waals surface area contributed by atoms with Crippen molar-refractivity contribution < 1.29 is 4.74 Å². The first-order valence-corrected chi connectivity index (χ1v) is 5.96. The molecule has 0 bridgehead atoms. The molecular weight excluding hydrogens is 198 g/mol. The van der Waals surface area contributed by atoms with Crippen LogP contribution in [-0.4, -0.2) is 20.7 Å². The van der Waals surface area contributed by atoms with Gasteiger partial charge in [-0.05, 0) is 49.4 Å². The lowest BCUT2D eigenvalue weighted by atomic mass is 9.95. The summed E-state index contributed by atoms with van der Waals surface area (Å²) in [5, 5.41) is 3.27. The Kier molecular flexibility index (Phi) is 3.20. The smallest absolute Gasteiger partial charge is 0.122 e. The third-order valence-corrected chi connectivity index (χ3v) is 3.78. The van der Waals surface area contributed by atoms with Gasteiger partial charge in [0.2, 0.25) is 0 Å². The molecule has 0 aliphatic heterocycles. The maximum atomic E-state index is 5.40. The van der Waals surface area contributed by atoms with Crippen molar-refractivity contribution in [3.05, 3.63) is 29.8 Å². The highest BCUT2D eigenvalue weighted by atomic mass is 16.5. The number of rotatable bonds is 5. The molecule has 0 amide bonds. The van der Waals surface area contributed by atoms with E-state index in [1.165, 1.54) is 12.0 Å². The molecule has 0 spiro atoms. The number of ether oxygens (including phenoxy) is 1. The van der Waals surface area contributed by atoms with Crippen LogP contribution in [0.15, 0.2) is 24.3 Å². The van der Waals surface area contributed by atoms with Gasteiger partial charge in [0.1, 0.15) is 5.75 Å². The molecule has 1 aromatic rings. The lowest BCUT2D eigenvalue weighted by Crippen LogP contribution is -2.15. The minimum Gasteiger partial charge on any atom is -0.496 e. The highest BCUT2D eigenvalue weighted by Gasteiger charge is 2.49. The second-order valence-corrected chi connectivity index (χ2v) is 5.10.